The molecule has 1 aromatic heterocycles. The molecular formula is C15H19FN2OS. The molecular weight excluding hydrogens is 275 g/mol. The van der Waals surface area contributed by atoms with Crippen molar-refractivity contribution in [1.82, 2.24) is 10.3 Å². The van der Waals surface area contributed by atoms with Crippen molar-refractivity contribution in [3.8, 4) is 0 Å². The van der Waals surface area contributed by atoms with Crippen LogP contribution in [-0.2, 0) is 6.54 Å². The van der Waals surface area contributed by atoms with E-state index in [-0.39, 0.29) is 5.82 Å². The summed E-state index contributed by atoms with van der Waals surface area (Å²) in [6.07, 6.45) is 1.01. The number of halogens is 1. The minimum absolute atomic E-state index is 0.315. The molecule has 5 heteroatoms. The van der Waals surface area contributed by atoms with Gasteiger partial charge in [0.2, 0.25) is 0 Å². The summed E-state index contributed by atoms with van der Waals surface area (Å²) in [6.45, 7) is 5.17. The van der Waals surface area contributed by atoms with Gasteiger partial charge in [-0.3, -0.25) is 0 Å². The largest absolute Gasteiger partial charge is 0.387 e. The minimum Gasteiger partial charge on any atom is -0.387 e. The molecule has 0 amide bonds. The van der Waals surface area contributed by atoms with E-state index < -0.39 is 6.10 Å². The first-order chi connectivity index (χ1) is 9.58. The maximum Gasteiger partial charge on any atom is 0.129 e. The lowest BCUT2D eigenvalue weighted by Crippen LogP contribution is -2.21. The number of rotatable bonds is 6. The van der Waals surface area contributed by atoms with Crippen molar-refractivity contribution in [2.45, 2.75) is 32.4 Å². The van der Waals surface area contributed by atoms with Crippen molar-refractivity contribution in [2.24, 2.45) is 0 Å². The predicted molar refractivity (Wildman–Crippen MR) is 79.3 cm³/mol. The van der Waals surface area contributed by atoms with Gasteiger partial charge in [-0.25, -0.2) is 9.37 Å². The highest BCUT2D eigenvalue weighted by molar-refractivity contribution is 7.11. The van der Waals surface area contributed by atoms with E-state index in [9.17, 15) is 9.50 Å². The first-order valence-corrected chi connectivity index (χ1v) is 7.47. The fraction of sp³-hybridized carbons (Fsp3) is 0.400. The summed E-state index contributed by atoms with van der Waals surface area (Å²) in [5.41, 5.74) is 0.326. The van der Waals surface area contributed by atoms with Gasteiger partial charge in [-0.2, -0.15) is 0 Å². The van der Waals surface area contributed by atoms with Crippen LogP contribution in [0.1, 0.15) is 41.3 Å². The smallest absolute Gasteiger partial charge is 0.129 e. The van der Waals surface area contributed by atoms with Crippen LogP contribution in [0.15, 0.2) is 30.5 Å². The summed E-state index contributed by atoms with van der Waals surface area (Å²) < 4.78 is 13.5. The second-order valence-electron chi connectivity index (χ2n) is 4.99. The molecule has 20 heavy (non-hydrogen) atoms. The number of aliphatic hydroxyl groups excluding tert-OH is 1. The standard InChI is InChI=1S/C15H19FN2OS/c1-10(2)15-18-8-11(20-15)7-17-9-14(19)12-5-3-4-6-13(12)16/h3-6,8,10,14,17,19H,7,9H2,1-2H3. The van der Waals surface area contributed by atoms with Crippen LogP contribution in [0.4, 0.5) is 4.39 Å². The zero-order valence-corrected chi connectivity index (χ0v) is 12.5. The summed E-state index contributed by atoms with van der Waals surface area (Å²) in [6, 6.07) is 6.30. The van der Waals surface area contributed by atoms with E-state index in [4.69, 9.17) is 0 Å². The van der Waals surface area contributed by atoms with Gasteiger partial charge in [-0.1, -0.05) is 32.0 Å². The molecule has 1 unspecified atom stereocenters. The Morgan fingerprint density at radius 2 is 2.10 bits per heavy atom. The van der Waals surface area contributed by atoms with Gasteiger partial charge in [0, 0.05) is 35.6 Å². The Labute approximate surface area is 122 Å². The van der Waals surface area contributed by atoms with Gasteiger partial charge in [0.15, 0.2) is 0 Å². The predicted octanol–water partition coefficient (Wildman–Crippen LogP) is 3.23. The number of aromatic nitrogens is 1. The van der Waals surface area contributed by atoms with E-state index in [0.717, 1.165) is 9.88 Å². The molecule has 0 saturated carbocycles. The number of aliphatic hydroxyl groups is 1. The first-order valence-electron chi connectivity index (χ1n) is 6.65. The molecule has 0 aliphatic rings. The van der Waals surface area contributed by atoms with Crippen molar-refractivity contribution in [1.29, 1.82) is 0 Å². The first kappa shape index (κ1) is 15.1. The summed E-state index contributed by atoms with van der Waals surface area (Å²) in [5, 5.41) is 14.2. The Balaban J connectivity index is 1.85. The number of thiazole rings is 1. The van der Waals surface area contributed by atoms with Crippen LogP contribution in [-0.4, -0.2) is 16.6 Å². The Hall–Kier alpha value is -1.30. The summed E-state index contributed by atoms with van der Waals surface area (Å²) in [7, 11) is 0. The van der Waals surface area contributed by atoms with Crippen LogP contribution in [0.5, 0.6) is 0 Å². The molecule has 1 atom stereocenters. The van der Waals surface area contributed by atoms with Gasteiger partial charge in [0.1, 0.15) is 5.82 Å². The van der Waals surface area contributed by atoms with Crippen molar-refractivity contribution in [2.75, 3.05) is 6.54 Å². The molecule has 1 aromatic carbocycles. The molecule has 0 aliphatic heterocycles. The maximum absolute atomic E-state index is 13.5. The van der Waals surface area contributed by atoms with Gasteiger partial charge in [0.05, 0.1) is 11.1 Å². The highest BCUT2D eigenvalue weighted by atomic mass is 32.1. The van der Waals surface area contributed by atoms with Crippen LogP contribution in [0.25, 0.3) is 0 Å². The Morgan fingerprint density at radius 3 is 2.75 bits per heavy atom. The Kier molecular flexibility index (Phi) is 5.23. The van der Waals surface area contributed by atoms with Crippen LogP contribution in [0.3, 0.4) is 0 Å². The summed E-state index contributed by atoms with van der Waals surface area (Å²) >= 11 is 1.66. The molecule has 2 rings (SSSR count). The van der Waals surface area contributed by atoms with Crippen LogP contribution < -0.4 is 5.32 Å². The van der Waals surface area contributed by atoms with Crippen LogP contribution in [0, 0.1) is 5.82 Å². The SMILES string of the molecule is CC(C)c1ncc(CNCC(O)c2ccccc2F)s1. The monoisotopic (exact) mass is 294 g/mol. The average molecular weight is 294 g/mol. The third-order valence-electron chi connectivity index (χ3n) is 2.97. The molecule has 0 radical (unpaired) electrons. The molecule has 2 N–H and O–H groups in total. The Morgan fingerprint density at radius 1 is 1.35 bits per heavy atom. The second kappa shape index (κ2) is 6.92. The molecule has 0 fully saturated rings. The topological polar surface area (TPSA) is 45.2 Å². The van der Waals surface area contributed by atoms with Crippen molar-refractivity contribution in [3.63, 3.8) is 0 Å². The molecule has 0 bridgehead atoms. The molecule has 0 aliphatic carbocycles. The summed E-state index contributed by atoms with van der Waals surface area (Å²) in [4.78, 5) is 5.46. The van der Waals surface area contributed by atoms with E-state index in [1.165, 1.54) is 6.07 Å². The lowest BCUT2D eigenvalue weighted by molar-refractivity contribution is 0.170. The van der Waals surface area contributed by atoms with Gasteiger partial charge >= 0.3 is 0 Å². The number of benzene rings is 1. The molecule has 0 spiro atoms. The number of nitrogens with one attached hydrogen (secondary N) is 1. The molecule has 3 nitrogen and oxygen atoms in total. The second-order valence-corrected chi connectivity index (χ2v) is 6.13. The van der Waals surface area contributed by atoms with Crippen molar-refractivity contribution in [3.05, 3.63) is 51.7 Å². The zero-order chi connectivity index (χ0) is 14.5. The molecule has 1 heterocycles. The van der Waals surface area contributed by atoms with E-state index in [1.807, 2.05) is 6.20 Å². The maximum atomic E-state index is 13.5. The molecule has 0 saturated heterocycles. The minimum atomic E-state index is -0.839. The van der Waals surface area contributed by atoms with Crippen LogP contribution >= 0.6 is 11.3 Å². The van der Waals surface area contributed by atoms with E-state index >= 15 is 0 Å². The highest BCUT2D eigenvalue weighted by Gasteiger charge is 2.12. The van der Waals surface area contributed by atoms with Crippen LogP contribution in [0.2, 0.25) is 0 Å². The van der Waals surface area contributed by atoms with Gasteiger partial charge in [-0.05, 0) is 6.07 Å². The Bertz CT molecular complexity index is 556. The quantitative estimate of drug-likeness (QED) is 0.860. The highest BCUT2D eigenvalue weighted by Crippen LogP contribution is 2.21. The molecule has 2 aromatic rings. The normalized spacial score (nSPS) is 12.8. The third-order valence-corrected chi connectivity index (χ3v) is 4.26. The average Bonchev–Trinajstić information content (AvgIpc) is 2.88. The van der Waals surface area contributed by atoms with Crippen molar-refractivity contribution < 1.29 is 9.50 Å². The fourth-order valence-corrected chi connectivity index (χ4v) is 2.75. The number of nitrogens with zero attached hydrogens (tertiary/aromatic N) is 1. The van der Waals surface area contributed by atoms with E-state index in [1.54, 1.807) is 29.5 Å². The van der Waals surface area contributed by atoms with E-state index in [2.05, 4.69) is 24.1 Å². The van der Waals surface area contributed by atoms with Crippen molar-refractivity contribution >= 4 is 11.3 Å². The fourth-order valence-electron chi connectivity index (χ4n) is 1.86. The molecule has 108 valence electrons. The number of hydrogen-bond acceptors (Lipinski definition) is 4. The van der Waals surface area contributed by atoms with Gasteiger partial charge in [0.25, 0.3) is 0 Å². The summed E-state index contributed by atoms with van der Waals surface area (Å²) in [5.74, 6) is 0.0550. The lowest BCUT2D eigenvalue weighted by Gasteiger charge is -2.12. The van der Waals surface area contributed by atoms with Gasteiger partial charge in [-0.15, -0.1) is 11.3 Å². The van der Waals surface area contributed by atoms with Gasteiger partial charge < -0.3 is 10.4 Å². The zero-order valence-electron chi connectivity index (χ0n) is 11.6. The lowest BCUT2D eigenvalue weighted by atomic mass is 10.1. The third kappa shape index (κ3) is 3.85. The van der Waals surface area contributed by atoms with E-state index in [0.29, 0.717) is 24.6 Å². The number of hydrogen-bond donors (Lipinski definition) is 2.